The second-order valence-electron chi connectivity index (χ2n) is 9.22. The summed E-state index contributed by atoms with van der Waals surface area (Å²) in [5, 5.41) is 16.9. The number of fused-ring (bicyclic) bond motifs is 1. The maximum atomic E-state index is 12.8. The molecule has 0 fully saturated rings. The molecule has 3 aromatic carbocycles. The van der Waals surface area contributed by atoms with E-state index in [1.807, 2.05) is 69.3 Å². The van der Waals surface area contributed by atoms with E-state index in [9.17, 15) is 10.1 Å². The van der Waals surface area contributed by atoms with Crippen molar-refractivity contribution >= 4 is 5.91 Å². The Kier molecular flexibility index (Phi) is 6.26. The second-order valence-corrected chi connectivity index (χ2v) is 9.22. The van der Waals surface area contributed by atoms with Gasteiger partial charge in [0.05, 0.1) is 17.7 Å². The summed E-state index contributed by atoms with van der Waals surface area (Å²) in [6, 6.07) is 20.9. The summed E-state index contributed by atoms with van der Waals surface area (Å²) in [6.45, 7) is 5.82. The number of benzene rings is 3. The van der Waals surface area contributed by atoms with Gasteiger partial charge in [0, 0.05) is 16.7 Å². The fraction of sp³-hybridized carbons (Fsp3) is 0.241. The maximum Gasteiger partial charge on any atom is 0.258 e. The van der Waals surface area contributed by atoms with Gasteiger partial charge in [-0.2, -0.15) is 10.2 Å². The van der Waals surface area contributed by atoms with Crippen LogP contribution in [-0.4, -0.2) is 22.2 Å². The van der Waals surface area contributed by atoms with E-state index in [-0.39, 0.29) is 18.1 Å². The van der Waals surface area contributed by atoms with Gasteiger partial charge < -0.3 is 14.6 Å². The third kappa shape index (κ3) is 4.58. The van der Waals surface area contributed by atoms with Crippen molar-refractivity contribution in [3.05, 3.63) is 88.5 Å². The Hall–Kier alpha value is -4.44. The molecule has 36 heavy (non-hydrogen) atoms. The highest BCUT2D eigenvalue weighted by molar-refractivity contribution is 5.94. The van der Waals surface area contributed by atoms with E-state index in [1.165, 1.54) is 0 Å². The van der Waals surface area contributed by atoms with Gasteiger partial charge in [0.15, 0.2) is 0 Å². The fourth-order valence-electron chi connectivity index (χ4n) is 4.52. The summed E-state index contributed by atoms with van der Waals surface area (Å²) in [6.07, 6.45) is 1.56. The SMILES string of the molecule is Cc1ccc(C(=O)N[C@@H]2CCc3c(-c4noc(-c5ccc(OC(C)C)c(C#N)c5)n4)cccc32)cc1. The molecule has 1 amide bonds. The van der Waals surface area contributed by atoms with E-state index in [1.54, 1.807) is 12.1 Å². The summed E-state index contributed by atoms with van der Waals surface area (Å²) in [5.74, 6) is 1.25. The van der Waals surface area contributed by atoms with Crippen LogP contribution in [0.5, 0.6) is 5.75 Å². The number of carbonyl (C=O) groups excluding carboxylic acids is 1. The van der Waals surface area contributed by atoms with Crippen LogP contribution in [-0.2, 0) is 6.42 Å². The van der Waals surface area contributed by atoms with Crippen LogP contribution in [0.1, 0.15) is 58.9 Å². The van der Waals surface area contributed by atoms with Gasteiger partial charge in [-0.05, 0) is 75.1 Å². The van der Waals surface area contributed by atoms with Gasteiger partial charge in [0.25, 0.3) is 11.8 Å². The molecule has 0 saturated carbocycles. The normalized spacial score (nSPS) is 14.4. The first-order valence-corrected chi connectivity index (χ1v) is 12.0. The van der Waals surface area contributed by atoms with Crippen molar-refractivity contribution in [1.82, 2.24) is 15.5 Å². The lowest BCUT2D eigenvalue weighted by molar-refractivity contribution is 0.0936. The van der Waals surface area contributed by atoms with E-state index in [0.29, 0.717) is 34.2 Å². The minimum Gasteiger partial charge on any atom is -0.490 e. The van der Waals surface area contributed by atoms with E-state index < -0.39 is 0 Å². The summed E-state index contributed by atoms with van der Waals surface area (Å²) < 4.78 is 11.3. The number of carbonyl (C=O) groups is 1. The molecule has 0 aliphatic heterocycles. The first kappa shape index (κ1) is 23.3. The van der Waals surface area contributed by atoms with Crippen LogP contribution >= 0.6 is 0 Å². The molecule has 180 valence electrons. The van der Waals surface area contributed by atoms with Gasteiger partial charge in [0.2, 0.25) is 5.82 Å². The lowest BCUT2D eigenvalue weighted by Gasteiger charge is -2.15. The topological polar surface area (TPSA) is 101 Å². The molecule has 1 aliphatic carbocycles. The van der Waals surface area contributed by atoms with Crippen LogP contribution in [0.4, 0.5) is 0 Å². The molecule has 1 N–H and O–H groups in total. The molecule has 0 radical (unpaired) electrons. The van der Waals surface area contributed by atoms with Crippen LogP contribution in [0.2, 0.25) is 0 Å². The standard InChI is InChI=1S/C29H26N4O3/c1-17(2)35-26-14-11-20(15-21(26)16-30)29-32-27(33-36-29)24-6-4-5-23-22(24)12-13-25(23)31-28(34)19-9-7-18(3)8-10-19/h4-11,14-15,17,25H,12-13H2,1-3H3,(H,31,34)/t25-/m1/s1. The highest BCUT2D eigenvalue weighted by Crippen LogP contribution is 2.37. The van der Waals surface area contributed by atoms with E-state index in [0.717, 1.165) is 35.1 Å². The van der Waals surface area contributed by atoms with Gasteiger partial charge >= 0.3 is 0 Å². The van der Waals surface area contributed by atoms with Crippen molar-refractivity contribution in [1.29, 1.82) is 5.26 Å². The van der Waals surface area contributed by atoms with E-state index >= 15 is 0 Å². The third-order valence-electron chi connectivity index (χ3n) is 6.27. The molecule has 5 rings (SSSR count). The number of nitrogens with one attached hydrogen (secondary N) is 1. The smallest absolute Gasteiger partial charge is 0.258 e. The quantitative estimate of drug-likeness (QED) is 0.376. The highest BCUT2D eigenvalue weighted by Gasteiger charge is 2.28. The van der Waals surface area contributed by atoms with Gasteiger partial charge in [-0.15, -0.1) is 0 Å². The number of nitrogens with zero attached hydrogens (tertiary/aromatic N) is 3. The van der Waals surface area contributed by atoms with E-state index in [4.69, 9.17) is 9.26 Å². The largest absolute Gasteiger partial charge is 0.490 e. The number of hydrogen-bond acceptors (Lipinski definition) is 6. The monoisotopic (exact) mass is 478 g/mol. The van der Waals surface area contributed by atoms with Crippen LogP contribution in [0.25, 0.3) is 22.8 Å². The van der Waals surface area contributed by atoms with Crippen molar-refractivity contribution in [2.24, 2.45) is 0 Å². The molecular formula is C29H26N4O3. The molecule has 1 aromatic heterocycles. The fourth-order valence-corrected chi connectivity index (χ4v) is 4.52. The number of nitriles is 1. The third-order valence-corrected chi connectivity index (χ3v) is 6.27. The van der Waals surface area contributed by atoms with Crippen molar-refractivity contribution in [2.45, 2.75) is 45.8 Å². The van der Waals surface area contributed by atoms with Crippen LogP contribution in [0.3, 0.4) is 0 Å². The Labute approximate surface area is 209 Å². The lowest BCUT2D eigenvalue weighted by atomic mass is 10.0. The van der Waals surface area contributed by atoms with Gasteiger partial charge in [-0.3, -0.25) is 4.79 Å². The minimum atomic E-state index is -0.0849. The van der Waals surface area contributed by atoms with Crippen LogP contribution in [0.15, 0.2) is 65.2 Å². The average molecular weight is 479 g/mol. The maximum absolute atomic E-state index is 12.8. The van der Waals surface area contributed by atoms with Gasteiger partial charge in [-0.25, -0.2) is 0 Å². The Morgan fingerprint density at radius 2 is 1.97 bits per heavy atom. The molecule has 0 saturated heterocycles. The summed E-state index contributed by atoms with van der Waals surface area (Å²) >= 11 is 0. The Morgan fingerprint density at radius 1 is 1.17 bits per heavy atom. The average Bonchev–Trinajstić information content (AvgIpc) is 3.52. The predicted molar refractivity (Wildman–Crippen MR) is 135 cm³/mol. The number of aryl methyl sites for hydroxylation is 1. The van der Waals surface area contributed by atoms with Crippen LogP contribution in [0, 0.1) is 18.3 Å². The number of ether oxygens (including phenoxy) is 1. The molecule has 0 spiro atoms. The molecule has 7 heteroatoms. The summed E-state index contributed by atoms with van der Waals surface area (Å²) in [4.78, 5) is 17.4. The number of aromatic nitrogens is 2. The number of amides is 1. The molecule has 0 bridgehead atoms. The molecular weight excluding hydrogens is 452 g/mol. The van der Waals surface area contributed by atoms with Crippen LogP contribution < -0.4 is 10.1 Å². The number of hydrogen-bond donors (Lipinski definition) is 1. The molecule has 1 aliphatic rings. The molecule has 4 aromatic rings. The molecule has 0 unspecified atom stereocenters. The van der Waals surface area contributed by atoms with Crippen molar-refractivity contribution in [3.63, 3.8) is 0 Å². The van der Waals surface area contributed by atoms with Gasteiger partial charge in [-0.1, -0.05) is 41.1 Å². The molecule has 7 nitrogen and oxygen atoms in total. The predicted octanol–water partition coefficient (Wildman–Crippen LogP) is 5.79. The second kappa shape index (κ2) is 9.67. The van der Waals surface area contributed by atoms with Gasteiger partial charge in [0.1, 0.15) is 11.8 Å². The van der Waals surface area contributed by atoms with Crippen molar-refractivity contribution in [2.75, 3.05) is 0 Å². The Morgan fingerprint density at radius 3 is 2.72 bits per heavy atom. The Bertz CT molecular complexity index is 1460. The zero-order valence-electron chi connectivity index (χ0n) is 20.4. The zero-order valence-corrected chi connectivity index (χ0v) is 20.4. The zero-order chi connectivity index (χ0) is 25.2. The Balaban J connectivity index is 1.39. The lowest BCUT2D eigenvalue weighted by Crippen LogP contribution is -2.27. The highest BCUT2D eigenvalue weighted by atomic mass is 16.5. The van der Waals surface area contributed by atoms with E-state index in [2.05, 4.69) is 21.5 Å². The van der Waals surface area contributed by atoms with Crippen molar-refractivity contribution < 1.29 is 14.1 Å². The summed E-state index contributed by atoms with van der Waals surface area (Å²) in [7, 11) is 0. The molecule has 1 atom stereocenters. The number of rotatable bonds is 6. The molecule has 1 heterocycles. The first-order valence-electron chi connectivity index (χ1n) is 12.0. The van der Waals surface area contributed by atoms with Crippen molar-refractivity contribution in [3.8, 4) is 34.7 Å². The summed E-state index contributed by atoms with van der Waals surface area (Å²) in [5.41, 5.74) is 5.89. The first-order chi connectivity index (χ1) is 17.4. The minimum absolute atomic E-state index is 0.0383.